The maximum absolute atomic E-state index is 12.6. The maximum atomic E-state index is 12.6. The van der Waals surface area contributed by atoms with Crippen LogP contribution in [0.1, 0.15) is 34.3 Å². The molecule has 0 aliphatic carbocycles. The van der Waals surface area contributed by atoms with Crippen LogP contribution in [0.25, 0.3) is 0 Å². The highest BCUT2D eigenvalue weighted by Gasteiger charge is 2.18. The number of benzene rings is 2. The van der Waals surface area contributed by atoms with Crippen molar-refractivity contribution >= 4 is 11.6 Å². The quantitative estimate of drug-likeness (QED) is 0.856. The van der Waals surface area contributed by atoms with Crippen LogP contribution in [-0.4, -0.2) is 30.9 Å². The van der Waals surface area contributed by atoms with Gasteiger partial charge in [0, 0.05) is 37.9 Å². The zero-order valence-electron chi connectivity index (χ0n) is 14.0. The highest BCUT2D eigenvalue weighted by atomic mass is 16.2. The summed E-state index contributed by atoms with van der Waals surface area (Å²) in [6, 6.07) is 16.2. The van der Waals surface area contributed by atoms with Gasteiger partial charge in [-0.1, -0.05) is 35.9 Å². The average molecular weight is 308 g/mol. The number of aryl methyl sites for hydroxylation is 1. The third-order valence-corrected chi connectivity index (χ3v) is 4.49. The molecule has 3 nitrogen and oxygen atoms in total. The number of hydrogen-bond acceptors (Lipinski definition) is 2. The summed E-state index contributed by atoms with van der Waals surface area (Å²) in [5.41, 5.74) is 4.41. The minimum atomic E-state index is 0.0706. The molecule has 2 aromatic rings. The second-order valence-corrected chi connectivity index (χ2v) is 6.35. The molecule has 1 amide bonds. The van der Waals surface area contributed by atoms with Crippen LogP contribution in [0.2, 0.25) is 0 Å². The van der Waals surface area contributed by atoms with Crippen LogP contribution in [0.3, 0.4) is 0 Å². The number of para-hydroxylation sites is 1. The number of nitrogens with zero attached hydrogens (tertiary/aromatic N) is 2. The van der Waals surface area contributed by atoms with Gasteiger partial charge >= 0.3 is 0 Å². The van der Waals surface area contributed by atoms with Crippen molar-refractivity contribution in [1.82, 2.24) is 4.90 Å². The van der Waals surface area contributed by atoms with Crippen molar-refractivity contribution in [2.24, 2.45) is 0 Å². The summed E-state index contributed by atoms with van der Waals surface area (Å²) in [4.78, 5) is 16.8. The van der Waals surface area contributed by atoms with Gasteiger partial charge in [-0.2, -0.15) is 0 Å². The summed E-state index contributed by atoms with van der Waals surface area (Å²) in [6.07, 6.45) is 2.51. The molecule has 0 saturated carbocycles. The largest absolute Gasteiger partial charge is 0.371 e. The lowest BCUT2D eigenvalue weighted by atomic mass is 10.1. The van der Waals surface area contributed by atoms with Crippen molar-refractivity contribution in [1.29, 1.82) is 0 Å². The second kappa shape index (κ2) is 6.86. The normalized spacial score (nSPS) is 14.1. The Labute approximate surface area is 138 Å². The molecular weight excluding hydrogens is 284 g/mol. The van der Waals surface area contributed by atoms with E-state index >= 15 is 0 Å². The Morgan fingerprint density at radius 1 is 1.04 bits per heavy atom. The Bertz CT molecular complexity index is 672. The van der Waals surface area contributed by atoms with Crippen molar-refractivity contribution in [3.05, 3.63) is 65.2 Å². The molecule has 0 N–H and O–H groups in total. The smallest absolute Gasteiger partial charge is 0.253 e. The van der Waals surface area contributed by atoms with Gasteiger partial charge < -0.3 is 9.80 Å². The molecule has 0 atom stereocenters. The number of anilines is 1. The van der Waals surface area contributed by atoms with Gasteiger partial charge in [-0.05, 0) is 43.5 Å². The van der Waals surface area contributed by atoms with Gasteiger partial charge in [0.15, 0.2) is 0 Å². The molecule has 1 aliphatic heterocycles. The third-order valence-electron chi connectivity index (χ3n) is 4.49. The van der Waals surface area contributed by atoms with Crippen molar-refractivity contribution in [3.8, 4) is 0 Å². The third kappa shape index (κ3) is 3.55. The summed E-state index contributed by atoms with van der Waals surface area (Å²) in [6.45, 7) is 4.91. The number of rotatable bonds is 4. The first-order valence-corrected chi connectivity index (χ1v) is 8.30. The highest BCUT2D eigenvalue weighted by Crippen LogP contribution is 2.25. The Morgan fingerprint density at radius 2 is 1.70 bits per heavy atom. The molecule has 3 rings (SSSR count). The molecule has 2 aromatic carbocycles. The van der Waals surface area contributed by atoms with E-state index < -0.39 is 0 Å². The molecular formula is C20H24N2O. The van der Waals surface area contributed by atoms with Crippen molar-refractivity contribution in [2.75, 3.05) is 25.0 Å². The van der Waals surface area contributed by atoms with Crippen molar-refractivity contribution < 1.29 is 4.79 Å². The lowest BCUT2D eigenvalue weighted by Crippen LogP contribution is -2.28. The van der Waals surface area contributed by atoms with Crippen LogP contribution >= 0.6 is 0 Å². The van der Waals surface area contributed by atoms with E-state index in [0.717, 1.165) is 18.7 Å². The molecule has 1 aliphatic rings. The average Bonchev–Trinajstić information content (AvgIpc) is 3.09. The molecule has 1 heterocycles. The number of carbonyl (C=O) groups is 1. The standard InChI is InChI=1S/C20H24N2O/c1-16-9-11-17(12-10-16)20(23)21(2)15-18-7-3-4-8-19(18)22-13-5-6-14-22/h3-4,7-12H,5-6,13-15H2,1-2H3. The summed E-state index contributed by atoms with van der Waals surface area (Å²) < 4.78 is 0. The Balaban J connectivity index is 1.76. The van der Waals surface area contributed by atoms with Crippen molar-refractivity contribution in [3.63, 3.8) is 0 Å². The summed E-state index contributed by atoms with van der Waals surface area (Å²) in [5.74, 6) is 0.0706. The summed E-state index contributed by atoms with van der Waals surface area (Å²) in [5, 5.41) is 0. The molecule has 23 heavy (non-hydrogen) atoms. The van der Waals surface area contributed by atoms with Crippen LogP contribution in [0.4, 0.5) is 5.69 Å². The first-order valence-electron chi connectivity index (χ1n) is 8.30. The first-order chi connectivity index (χ1) is 11.1. The molecule has 0 radical (unpaired) electrons. The Hall–Kier alpha value is -2.29. The molecule has 3 heteroatoms. The van der Waals surface area contributed by atoms with E-state index in [4.69, 9.17) is 0 Å². The fraction of sp³-hybridized carbons (Fsp3) is 0.350. The maximum Gasteiger partial charge on any atom is 0.253 e. The van der Waals surface area contributed by atoms with Gasteiger partial charge in [-0.15, -0.1) is 0 Å². The van der Waals surface area contributed by atoms with Gasteiger partial charge in [0.2, 0.25) is 0 Å². The molecule has 0 spiro atoms. The summed E-state index contributed by atoms with van der Waals surface area (Å²) in [7, 11) is 1.88. The predicted molar refractivity (Wildman–Crippen MR) is 94.9 cm³/mol. The van der Waals surface area contributed by atoms with Crippen LogP contribution < -0.4 is 4.90 Å². The Kier molecular flexibility index (Phi) is 4.65. The van der Waals surface area contributed by atoms with Gasteiger partial charge in [0.1, 0.15) is 0 Å². The molecule has 0 aromatic heterocycles. The molecule has 1 saturated heterocycles. The highest BCUT2D eigenvalue weighted by molar-refractivity contribution is 5.94. The molecule has 120 valence electrons. The monoisotopic (exact) mass is 308 g/mol. The lowest BCUT2D eigenvalue weighted by molar-refractivity contribution is 0.0785. The zero-order valence-corrected chi connectivity index (χ0v) is 14.0. The van der Waals surface area contributed by atoms with Crippen LogP contribution in [-0.2, 0) is 6.54 Å². The zero-order chi connectivity index (χ0) is 16.2. The number of amides is 1. The number of hydrogen-bond donors (Lipinski definition) is 0. The van der Waals surface area contributed by atoms with Crippen LogP contribution in [0.5, 0.6) is 0 Å². The van der Waals surface area contributed by atoms with E-state index in [1.807, 2.05) is 38.2 Å². The molecule has 0 bridgehead atoms. The first kappa shape index (κ1) is 15.6. The van der Waals surface area contributed by atoms with E-state index in [9.17, 15) is 4.79 Å². The topological polar surface area (TPSA) is 23.6 Å². The van der Waals surface area contributed by atoms with Gasteiger partial charge in [-0.25, -0.2) is 0 Å². The fourth-order valence-electron chi connectivity index (χ4n) is 3.15. The van der Waals surface area contributed by atoms with Gasteiger partial charge in [0.05, 0.1) is 0 Å². The van der Waals surface area contributed by atoms with E-state index in [-0.39, 0.29) is 5.91 Å². The fourth-order valence-corrected chi connectivity index (χ4v) is 3.15. The van der Waals surface area contributed by atoms with E-state index in [0.29, 0.717) is 6.54 Å². The predicted octanol–water partition coefficient (Wildman–Crippen LogP) is 3.87. The van der Waals surface area contributed by atoms with Crippen LogP contribution in [0, 0.1) is 6.92 Å². The number of carbonyl (C=O) groups excluding carboxylic acids is 1. The van der Waals surface area contributed by atoms with Crippen LogP contribution in [0.15, 0.2) is 48.5 Å². The van der Waals surface area contributed by atoms with Gasteiger partial charge in [0.25, 0.3) is 5.91 Å². The molecule has 1 fully saturated rings. The Morgan fingerprint density at radius 3 is 2.39 bits per heavy atom. The van der Waals surface area contributed by atoms with Gasteiger partial charge in [-0.3, -0.25) is 4.79 Å². The minimum absolute atomic E-state index is 0.0706. The van der Waals surface area contributed by atoms with E-state index in [1.54, 1.807) is 4.90 Å². The van der Waals surface area contributed by atoms with E-state index in [1.165, 1.54) is 29.7 Å². The summed E-state index contributed by atoms with van der Waals surface area (Å²) >= 11 is 0. The van der Waals surface area contributed by atoms with E-state index in [2.05, 4.69) is 29.2 Å². The lowest BCUT2D eigenvalue weighted by Gasteiger charge is -2.24. The SMILES string of the molecule is Cc1ccc(C(=O)N(C)Cc2ccccc2N2CCCC2)cc1. The second-order valence-electron chi connectivity index (χ2n) is 6.35. The van der Waals surface area contributed by atoms with Crippen molar-refractivity contribution in [2.45, 2.75) is 26.3 Å². The minimum Gasteiger partial charge on any atom is -0.371 e. The molecule has 0 unspecified atom stereocenters.